The van der Waals surface area contributed by atoms with Crippen molar-refractivity contribution >= 4 is 27.6 Å². The van der Waals surface area contributed by atoms with Gasteiger partial charge in [-0.25, -0.2) is 9.18 Å². The summed E-state index contributed by atoms with van der Waals surface area (Å²) in [4.78, 5) is 16.3. The van der Waals surface area contributed by atoms with Gasteiger partial charge in [0.05, 0.1) is 0 Å². The van der Waals surface area contributed by atoms with Gasteiger partial charge in [-0.1, -0.05) is 28.1 Å². The number of hydrogen-bond acceptors (Lipinski definition) is 2. The third-order valence-electron chi connectivity index (χ3n) is 4.12. The van der Waals surface area contributed by atoms with Crippen LogP contribution in [0.5, 0.6) is 0 Å². The Morgan fingerprint density at radius 2 is 1.62 bits per heavy atom. The van der Waals surface area contributed by atoms with E-state index in [1.54, 1.807) is 12.1 Å². The molecule has 1 heterocycles. The van der Waals surface area contributed by atoms with Crippen molar-refractivity contribution in [2.75, 3.05) is 31.1 Å². The molecule has 3 rings (SSSR count). The summed E-state index contributed by atoms with van der Waals surface area (Å²) in [6.07, 6.45) is 0. The maximum Gasteiger partial charge on any atom is 0.317 e. The van der Waals surface area contributed by atoms with E-state index in [1.165, 1.54) is 17.8 Å². The van der Waals surface area contributed by atoms with E-state index >= 15 is 0 Å². The number of rotatable bonds is 3. The molecule has 4 nitrogen and oxygen atoms in total. The number of halogens is 2. The maximum absolute atomic E-state index is 12.9. The minimum absolute atomic E-state index is 0.0743. The van der Waals surface area contributed by atoms with Gasteiger partial charge in [0.15, 0.2) is 0 Å². The van der Waals surface area contributed by atoms with Gasteiger partial charge in [0.1, 0.15) is 5.82 Å². The zero-order chi connectivity index (χ0) is 16.9. The van der Waals surface area contributed by atoms with Gasteiger partial charge in [-0.05, 0) is 42.0 Å². The van der Waals surface area contributed by atoms with Crippen LogP contribution in [0.1, 0.15) is 5.56 Å². The topological polar surface area (TPSA) is 35.6 Å². The van der Waals surface area contributed by atoms with Gasteiger partial charge >= 0.3 is 6.03 Å². The van der Waals surface area contributed by atoms with Gasteiger partial charge in [0.2, 0.25) is 0 Å². The number of benzene rings is 2. The lowest BCUT2D eigenvalue weighted by Crippen LogP contribution is -2.51. The number of amides is 2. The van der Waals surface area contributed by atoms with Crippen molar-refractivity contribution in [3.05, 3.63) is 64.4 Å². The molecule has 0 bridgehead atoms. The predicted octanol–water partition coefficient (Wildman–Crippen LogP) is 3.62. The monoisotopic (exact) mass is 391 g/mol. The molecule has 1 aliphatic heterocycles. The predicted molar refractivity (Wildman–Crippen MR) is 96.6 cm³/mol. The van der Waals surface area contributed by atoms with Crippen molar-refractivity contribution in [3.63, 3.8) is 0 Å². The van der Waals surface area contributed by atoms with Crippen LogP contribution in [0, 0.1) is 5.82 Å². The first kappa shape index (κ1) is 16.8. The van der Waals surface area contributed by atoms with Gasteiger partial charge < -0.3 is 15.1 Å². The summed E-state index contributed by atoms with van der Waals surface area (Å²) in [5, 5.41) is 2.89. The number of hydrogen-bond donors (Lipinski definition) is 1. The minimum Gasteiger partial charge on any atom is -0.368 e. The van der Waals surface area contributed by atoms with Gasteiger partial charge in [0.25, 0.3) is 0 Å². The zero-order valence-electron chi connectivity index (χ0n) is 13.2. The fraction of sp³-hybridized carbons (Fsp3) is 0.278. The standard InChI is InChI=1S/C18H19BrFN3O/c19-15-3-7-17(8-4-15)22-9-11-23(12-10-22)18(24)21-13-14-1-5-16(20)6-2-14/h1-8H,9-13H2,(H,21,24). The minimum atomic E-state index is -0.269. The molecule has 2 aromatic rings. The SMILES string of the molecule is O=C(NCc1ccc(F)cc1)N1CCN(c2ccc(Br)cc2)CC1. The first-order valence-electron chi connectivity index (χ1n) is 7.89. The molecular formula is C18H19BrFN3O. The zero-order valence-corrected chi connectivity index (χ0v) is 14.8. The first-order chi connectivity index (χ1) is 11.6. The Hall–Kier alpha value is -2.08. The van der Waals surface area contributed by atoms with Gasteiger partial charge in [0, 0.05) is 42.9 Å². The van der Waals surface area contributed by atoms with Crippen molar-refractivity contribution in [1.29, 1.82) is 0 Å². The molecule has 1 fully saturated rings. The van der Waals surface area contributed by atoms with E-state index < -0.39 is 0 Å². The van der Waals surface area contributed by atoms with E-state index in [4.69, 9.17) is 0 Å². The van der Waals surface area contributed by atoms with Crippen LogP contribution < -0.4 is 10.2 Å². The molecule has 0 atom stereocenters. The lowest BCUT2D eigenvalue weighted by Gasteiger charge is -2.36. The highest BCUT2D eigenvalue weighted by Gasteiger charge is 2.21. The summed E-state index contributed by atoms with van der Waals surface area (Å²) in [6, 6.07) is 14.3. The molecule has 0 saturated carbocycles. The molecule has 6 heteroatoms. The van der Waals surface area contributed by atoms with Crippen LogP contribution in [0.2, 0.25) is 0 Å². The lowest BCUT2D eigenvalue weighted by atomic mass is 10.2. The Kier molecular flexibility index (Phi) is 5.35. The Balaban J connectivity index is 1.48. The largest absolute Gasteiger partial charge is 0.368 e. The normalized spacial score (nSPS) is 14.6. The molecule has 24 heavy (non-hydrogen) atoms. The van der Waals surface area contributed by atoms with Crippen molar-refractivity contribution in [3.8, 4) is 0 Å². The van der Waals surface area contributed by atoms with Crippen LogP contribution in [-0.4, -0.2) is 37.1 Å². The molecule has 0 aliphatic carbocycles. The Morgan fingerprint density at radius 3 is 2.25 bits per heavy atom. The fourth-order valence-corrected chi connectivity index (χ4v) is 2.98. The number of piperazine rings is 1. The first-order valence-corrected chi connectivity index (χ1v) is 8.69. The van der Waals surface area contributed by atoms with E-state index in [9.17, 15) is 9.18 Å². The molecule has 0 unspecified atom stereocenters. The number of carbonyl (C=O) groups excluding carboxylic acids is 1. The van der Waals surface area contributed by atoms with Gasteiger partial charge in [-0.15, -0.1) is 0 Å². The van der Waals surface area contributed by atoms with Crippen molar-refractivity contribution in [1.82, 2.24) is 10.2 Å². The molecule has 2 aromatic carbocycles. The van der Waals surface area contributed by atoms with E-state index in [-0.39, 0.29) is 11.8 Å². The molecule has 0 radical (unpaired) electrons. The highest BCUT2D eigenvalue weighted by Crippen LogP contribution is 2.19. The highest BCUT2D eigenvalue weighted by atomic mass is 79.9. The molecule has 0 aromatic heterocycles. The fourth-order valence-electron chi connectivity index (χ4n) is 2.71. The molecule has 126 valence electrons. The van der Waals surface area contributed by atoms with Crippen molar-refractivity contribution in [2.45, 2.75) is 6.54 Å². The highest BCUT2D eigenvalue weighted by molar-refractivity contribution is 9.10. The van der Waals surface area contributed by atoms with E-state index in [0.717, 1.165) is 23.1 Å². The number of nitrogens with one attached hydrogen (secondary N) is 1. The van der Waals surface area contributed by atoms with E-state index in [2.05, 4.69) is 38.3 Å². The molecule has 0 spiro atoms. The Labute approximate surface area is 149 Å². The molecule has 1 aliphatic rings. The molecule has 1 saturated heterocycles. The van der Waals surface area contributed by atoms with Gasteiger partial charge in [-0.2, -0.15) is 0 Å². The summed E-state index contributed by atoms with van der Waals surface area (Å²) in [5.41, 5.74) is 2.06. The van der Waals surface area contributed by atoms with Crippen LogP contribution in [-0.2, 0) is 6.54 Å². The number of urea groups is 1. The number of anilines is 1. The van der Waals surface area contributed by atoms with Crippen LogP contribution in [0.3, 0.4) is 0 Å². The van der Waals surface area contributed by atoms with Crippen molar-refractivity contribution in [2.24, 2.45) is 0 Å². The smallest absolute Gasteiger partial charge is 0.317 e. The molecule has 1 N–H and O–H groups in total. The third kappa shape index (κ3) is 4.26. The van der Waals surface area contributed by atoms with Crippen LogP contribution in [0.15, 0.2) is 53.0 Å². The number of nitrogens with zero attached hydrogens (tertiary/aromatic N) is 2. The average molecular weight is 392 g/mol. The summed E-state index contributed by atoms with van der Waals surface area (Å²) < 4.78 is 13.9. The number of carbonyl (C=O) groups is 1. The summed E-state index contributed by atoms with van der Waals surface area (Å²) in [5.74, 6) is -0.269. The second kappa shape index (κ2) is 7.66. The summed E-state index contributed by atoms with van der Waals surface area (Å²) in [7, 11) is 0. The van der Waals surface area contributed by atoms with Crippen molar-refractivity contribution < 1.29 is 9.18 Å². The second-order valence-electron chi connectivity index (χ2n) is 5.74. The second-order valence-corrected chi connectivity index (χ2v) is 6.65. The molecular weight excluding hydrogens is 373 g/mol. The van der Waals surface area contributed by atoms with Crippen LogP contribution >= 0.6 is 15.9 Å². The van der Waals surface area contributed by atoms with Crippen LogP contribution in [0.4, 0.5) is 14.9 Å². The Morgan fingerprint density at radius 1 is 1.00 bits per heavy atom. The average Bonchev–Trinajstić information content (AvgIpc) is 2.62. The van der Waals surface area contributed by atoms with E-state index in [0.29, 0.717) is 19.6 Å². The van der Waals surface area contributed by atoms with Crippen LogP contribution in [0.25, 0.3) is 0 Å². The summed E-state index contributed by atoms with van der Waals surface area (Å²) in [6.45, 7) is 3.40. The Bertz CT molecular complexity index is 682. The lowest BCUT2D eigenvalue weighted by molar-refractivity contribution is 0.194. The quantitative estimate of drug-likeness (QED) is 0.866. The molecule has 2 amide bonds. The maximum atomic E-state index is 12.9. The third-order valence-corrected chi connectivity index (χ3v) is 4.64. The van der Waals surface area contributed by atoms with Gasteiger partial charge in [-0.3, -0.25) is 0 Å². The summed E-state index contributed by atoms with van der Waals surface area (Å²) >= 11 is 3.44. The van der Waals surface area contributed by atoms with E-state index in [1.807, 2.05) is 17.0 Å².